The van der Waals surface area contributed by atoms with Crippen LogP contribution in [-0.2, 0) is 9.59 Å². The third-order valence-electron chi connectivity index (χ3n) is 4.49. The fraction of sp³-hybridized carbons (Fsp3) is 0.174. The van der Waals surface area contributed by atoms with Crippen LogP contribution >= 0.6 is 23.4 Å². The fourth-order valence-corrected chi connectivity index (χ4v) is 4.11. The quantitative estimate of drug-likeness (QED) is 0.579. The van der Waals surface area contributed by atoms with Crippen LogP contribution in [0.5, 0.6) is 11.5 Å². The second-order valence-electron chi connectivity index (χ2n) is 6.61. The summed E-state index contributed by atoms with van der Waals surface area (Å²) in [5.74, 6) is 0.119. The number of methoxy groups -OCH3 is 2. The van der Waals surface area contributed by atoms with Gasteiger partial charge in [0.2, 0.25) is 5.91 Å². The Morgan fingerprint density at radius 1 is 1.12 bits per heavy atom. The van der Waals surface area contributed by atoms with Crippen LogP contribution in [-0.4, -0.2) is 49.3 Å². The zero-order chi connectivity index (χ0) is 23.1. The van der Waals surface area contributed by atoms with Crippen molar-refractivity contribution in [2.75, 3.05) is 27.3 Å². The van der Waals surface area contributed by atoms with Crippen molar-refractivity contribution < 1.29 is 23.9 Å². The van der Waals surface area contributed by atoms with Gasteiger partial charge in [0.25, 0.3) is 11.1 Å². The summed E-state index contributed by atoms with van der Waals surface area (Å²) >= 11 is 7.05. The van der Waals surface area contributed by atoms with Crippen LogP contribution in [0.15, 0.2) is 53.4 Å². The Balaban J connectivity index is 1.55. The highest BCUT2D eigenvalue weighted by Gasteiger charge is 2.34. The lowest BCUT2D eigenvalue weighted by molar-refractivity contribution is -0.123. The molecule has 32 heavy (non-hydrogen) atoms. The number of rotatable bonds is 8. The SMILES string of the molecule is COc1cc(/C=C/C(=O)NCCN2C(=O)S/C(=C\c3ccccc3)C2=O)cc(Cl)c1OC. The van der Waals surface area contributed by atoms with Crippen LogP contribution < -0.4 is 14.8 Å². The van der Waals surface area contributed by atoms with Crippen molar-refractivity contribution in [1.29, 1.82) is 0 Å². The number of imide groups is 1. The molecule has 3 rings (SSSR count). The molecule has 3 amide bonds. The molecule has 0 aromatic heterocycles. The van der Waals surface area contributed by atoms with E-state index in [-0.39, 0.29) is 30.1 Å². The maximum atomic E-state index is 12.5. The average Bonchev–Trinajstić information content (AvgIpc) is 3.05. The first-order valence-electron chi connectivity index (χ1n) is 9.60. The molecule has 2 aromatic carbocycles. The molecule has 1 aliphatic heterocycles. The Morgan fingerprint density at radius 3 is 2.56 bits per heavy atom. The number of thioether (sulfide) groups is 1. The topological polar surface area (TPSA) is 84.9 Å². The van der Waals surface area contributed by atoms with Crippen LogP contribution in [0.3, 0.4) is 0 Å². The number of hydrogen-bond acceptors (Lipinski definition) is 6. The molecule has 9 heteroatoms. The molecule has 1 saturated heterocycles. The average molecular weight is 473 g/mol. The monoisotopic (exact) mass is 472 g/mol. The Kier molecular flexibility index (Phi) is 7.97. The lowest BCUT2D eigenvalue weighted by Gasteiger charge is -2.12. The van der Waals surface area contributed by atoms with E-state index in [0.29, 0.717) is 27.0 Å². The van der Waals surface area contributed by atoms with Crippen molar-refractivity contribution in [1.82, 2.24) is 10.2 Å². The van der Waals surface area contributed by atoms with Gasteiger partial charge in [-0.3, -0.25) is 19.3 Å². The van der Waals surface area contributed by atoms with Gasteiger partial charge < -0.3 is 14.8 Å². The number of hydrogen-bond donors (Lipinski definition) is 1. The second kappa shape index (κ2) is 10.9. The first-order valence-corrected chi connectivity index (χ1v) is 10.8. The van der Waals surface area contributed by atoms with E-state index in [4.69, 9.17) is 21.1 Å². The standard InChI is InChI=1S/C23H21ClN2O5S/c1-30-18-13-16(12-17(24)21(18)31-2)8-9-20(27)25-10-11-26-22(28)19(32-23(26)29)14-15-6-4-3-5-7-15/h3-9,12-14H,10-11H2,1-2H3,(H,25,27)/b9-8+,19-14-. The number of benzene rings is 2. The first-order chi connectivity index (χ1) is 15.4. The number of ether oxygens (including phenoxy) is 2. The van der Waals surface area contributed by atoms with Crippen molar-refractivity contribution in [3.8, 4) is 11.5 Å². The number of nitrogens with zero attached hydrogens (tertiary/aromatic N) is 1. The van der Waals surface area contributed by atoms with Crippen molar-refractivity contribution in [3.05, 3.63) is 69.6 Å². The summed E-state index contributed by atoms with van der Waals surface area (Å²) < 4.78 is 10.4. The maximum absolute atomic E-state index is 12.5. The Morgan fingerprint density at radius 2 is 1.88 bits per heavy atom. The molecule has 0 saturated carbocycles. The normalized spacial score (nSPS) is 15.0. The van der Waals surface area contributed by atoms with Crippen molar-refractivity contribution in [2.24, 2.45) is 0 Å². The van der Waals surface area contributed by atoms with Crippen LogP contribution in [0, 0.1) is 0 Å². The van der Waals surface area contributed by atoms with E-state index in [9.17, 15) is 14.4 Å². The highest BCUT2D eigenvalue weighted by atomic mass is 35.5. The van der Waals surface area contributed by atoms with Gasteiger partial charge >= 0.3 is 0 Å². The number of nitrogens with one attached hydrogen (secondary N) is 1. The summed E-state index contributed by atoms with van der Waals surface area (Å²) in [5, 5.41) is 2.66. The van der Waals surface area contributed by atoms with Gasteiger partial charge in [-0.25, -0.2) is 0 Å². The number of carbonyl (C=O) groups is 3. The van der Waals surface area contributed by atoms with Crippen molar-refractivity contribution in [3.63, 3.8) is 0 Å². The van der Waals surface area contributed by atoms with Gasteiger partial charge in [-0.2, -0.15) is 0 Å². The van der Waals surface area contributed by atoms with Gasteiger partial charge in [0.1, 0.15) is 0 Å². The molecule has 0 unspecified atom stereocenters. The number of carbonyl (C=O) groups excluding carboxylic acids is 3. The molecular formula is C23H21ClN2O5S. The molecule has 2 aromatic rings. The summed E-state index contributed by atoms with van der Waals surface area (Å²) in [5.41, 5.74) is 1.49. The maximum Gasteiger partial charge on any atom is 0.293 e. The van der Waals surface area contributed by atoms with Crippen LogP contribution in [0.1, 0.15) is 11.1 Å². The Labute approximate surface area is 195 Å². The summed E-state index contributed by atoms with van der Waals surface area (Å²) in [7, 11) is 2.98. The van der Waals surface area contributed by atoms with E-state index < -0.39 is 0 Å². The van der Waals surface area contributed by atoms with Gasteiger partial charge in [0, 0.05) is 19.2 Å². The largest absolute Gasteiger partial charge is 0.493 e. The molecule has 1 fully saturated rings. The van der Waals surface area contributed by atoms with Crippen LogP contribution in [0.2, 0.25) is 5.02 Å². The minimum Gasteiger partial charge on any atom is -0.493 e. The molecule has 1 heterocycles. The molecule has 0 atom stereocenters. The molecule has 1 aliphatic rings. The third-order valence-corrected chi connectivity index (χ3v) is 5.68. The minimum atomic E-state index is -0.372. The molecule has 0 aliphatic carbocycles. The lowest BCUT2D eigenvalue weighted by atomic mass is 10.2. The number of halogens is 1. The molecule has 7 nitrogen and oxygen atoms in total. The summed E-state index contributed by atoms with van der Waals surface area (Å²) in [6.07, 6.45) is 4.59. The summed E-state index contributed by atoms with van der Waals surface area (Å²) in [6.45, 7) is 0.213. The molecule has 0 bridgehead atoms. The van der Waals surface area contributed by atoms with Gasteiger partial charge in [-0.05, 0) is 47.2 Å². The van der Waals surface area contributed by atoms with Crippen LogP contribution in [0.25, 0.3) is 12.2 Å². The second-order valence-corrected chi connectivity index (χ2v) is 8.01. The zero-order valence-electron chi connectivity index (χ0n) is 17.5. The predicted molar refractivity (Wildman–Crippen MR) is 126 cm³/mol. The van der Waals surface area contributed by atoms with Gasteiger partial charge in [0.05, 0.1) is 24.1 Å². The Bertz CT molecular complexity index is 1090. The Hall–Kier alpha value is -3.23. The highest BCUT2D eigenvalue weighted by Crippen LogP contribution is 2.36. The highest BCUT2D eigenvalue weighted by molar-refractivity contribution is 8.18. The lowest BCUT2D eigenvalue weighted by Crippen LogP contribution is -2.36. The minimum absolute atomic E-state index is 0.0819. The predicted octanol–water partition coefficient (Wildman–Crippen LogP) is 4.22. The smallest absolute Gasteiger partial charge is 0.293 e. The van der Waals surface area contributed by atoms with Crippen molar-refractivity contribution >= 4 is 52.6 Å². The van der Waals surface area contributed by atoms with Gasteiger partial charge in [-0.1, -0.05) is 41.9 Å². The number of amides is 3. The summed E-state index contributed by atoms with van der Waals surface area (Å²) in [6, 6.07) is 12.6. The van der Waals surface area contributed by atoms with E-state index in [1.165, 1.54) is 20.3 Å². The molecule has 1 N–H and O–H groups in total. The van der Waals surface area contributed by atoms with Crippen molar-refractivity contribution in [2.45, 2.75) is 0 Å². The molecule has 166 valence electrons. The van der Waals surface area contributed by atoms with Crippen LogP contribution in [0.4, 0.5) is 4.79 Å². The third kappa shape index (κ3) is 5.72. The van der Waals surface area contributed by atoms with Gasteiger partial charge in [0.15, 0.2) is 11.5 Å². The fourth-order valence-electron chi connectivity index (χ4n) is 2.95. The van der Waals surface area contributed by atoms with E-state index in [0.717, 1.165) is 22.2 Å². The summed E-state index contributed by atoms with van der Waals surface area (Å²) in [4.78, 5) is 38.3. The van der Waals surface area contributed by atoms with E-state index in [2.05, 4.69) is 5.32 Å². The molecule has 0 radical (unpaired) electrons. The first kappa shape index (κ1) is 23.4. The molecular weight excluding hydrogens is 452 g/mol. The van der Waals surface area contributed by atoms with E-state index in [1.54, 1.807) is 24.3 Å². The zero-order valence-corrected chi connectivity index (χ0v) is 19.0. The molecule has 0 spiro atoms. The van der Waals surface area contributed by atoms with E-state index >= 15 is 0 Å². The van der Waals surface area contributed by atoms with E-state index in [1.807, 2.05) is 30.3 Å². The van der Waals surface area contributed by atoms with Gasteiger partial charge in [-0.15, -0.1) is 0 Å².